The highest BCUT2D eigenvalue weighted by Gasteiger charge is 2.22. The minimum atomic E-state index is 0.235. The fourth-order valence-electron chi connectivity index (χ4n) is 3.02. The van der Waals surface area contributed by atoms with Crippen molar-refractivity contribution in [3.63, 3.8) is 0 Å². The van der Waals surface area contributed by atoms with E-state index in [4.69, 9.17) is 21.1 Å². The molecule has 0 amide bonds. The van der Waals surface area contributed by atoms with Crippen molar-refractivity contribution in [1.82, 2.24) is 14.7 Å². The predicted octanol–water partition coefficient (Wildman–Crippen LogP) is 2.46. The van der Waals surface area contributed by atoms with E-state index in [0.29, 0.717) is 0 Å². The summed E-state index contributed by atoms with van der Waals surface area (Å²) < 4.78 is 12.8. The molecule has 3 rings (SSSR count). The SMILES string of the molecule is COCCC1CN(Cc2nn(C)c3cccc(Cl)c23)CCO1. The van der Waals surface area contributed by atoms with Gasteiger partial charge in [-0.05, 0) is 18.6 Å². The Morgan fingerprint density at radius 1 is 1.45 bits per heavy atom. The maximum absolute atomic E-state index is 6.38. The van der Waals surface area contributed by atoms with Gasteiger partial charge in [0.2, 0.25) is 0 Å². The molecule has 0 bridgehead atoms. The van der Waals surface area contributed by atoms with E-state index in [9.17, 15) is 0 Å². The number of ether oxygens (including phenoxy) is 2. The topological polar surface area (TPSA) is 39.5 Å². The number of fused-ring (bicyclic) bond motifs is 1. The van der Waals surface area contributed by atoms with Gasteiger partial charge in [-0.15, -0.1) is 0 Å². The number of aryl methyl sites for hydroxylation is 1. The molecule has 0 saturated carbocycles. The van der Waals surface area contributed by atoms with Gasteiger partial charge < -0.3 is 9.47 Å². The number of morpholine rings is 1. The van der Waals surface area contributed by atoms with Gasteiger partial charge in [0.05, 0.1) is 28.9 Å². The molecule has 1 aromatic heterocycles. The van der Waals surface area contributed by atoms with Crippen molar-refractivity contribution < 1.29 is 9.47 Å². The molecule has 1 atom stereocenters. The number of rotatable bonds is 5. The van der Waals surface area contributed by atoms with E-state index in [0.717, 1.165) is 60.9 Å². The Hall–Kier alpha value is -1.14. The third-order valence-electron chi connectivity index (χ3n) is 4.14. The first-order valence-corrected chi connectivity index (χ1v) is 8.00. The van der Waals surface area contributed by atoms with E-state index in [1.54, 1.807) is 7.11 Å². The standard InChI is InChI=1S/C16H22ClN3O2/c1-19-15-5-3-4-13(17)16(15)14(18-19)11-20-7-9-22-12(10-20)6-8-21-2/h3-5,12H,6-11H2,1-2H3. The van der Waals surface area contributed by atoms with Crippen molar-refractivity contribution in [2.75, 3.05) is 33.4 Å². The highest BCUT2D eigenvalue weighted by Crippen LogP contribution is 2.27. The van der Waals surface area contributed by atoms with E-state index >= 15 is 0 Å². The third kappa shape index (κ3) is 3.27. The lowest BCUT2D eigenvalue weighted by atomic mass is 10.1. The Balaban J connectivity index is 1.75. The van der Waals surface area contributed by atoms with Gasteiger partial charge in [0.25, 0.3) is 0 Å². The molecule has 1 aromatic carbocycles. The molecule has 120 valence electrons. The molecular formula is C16H22ClN3O2. The number of nitrogens with zero attached hydrogens (tertiary/aromatic N) is 3. The normalized spacial score (nSPS) is 19.9. The molecule has 0 aliphatic carbocycles. The number of hydrogen-bond acceptors (Lipinski definition) is 4. The minimum absolute atomic E-state index is 0.235. The van der Waals surface area contributed by atoms with Gasteiger partial charge in [0.15, 0.2) is 0 Å². The van der Waals surface area contributed by atoms with Crippen LogP contribution in [0.3, 0.4) is 0 Å². The van der Waals surface area contributed by atoms with Gasteiger partial charge in [0, 0.05) is 45.8 Å². The highest BCUT2D eigenvalue weighted by atomic mass is 35.5. The summed E-state index contributed by atoms with van der Waals surface area (Å²) in [6.45, 7) is 4.12. The Morgan fingerprint density at radius 2 is 2.32 bits per heavy atom. The van der Waals surface area contributed by atoms with Crippen LogP contribution in [0.2, 0.25) is 5.02 Å². The second-order valence-electron chi connectivity index (χ2n) is 5.71. The van der Waals surface area contributed by atoms with Crippen LogP contribution in [0.25, 0.3) is 10.9 Å². The number of methoxy groups -OCH3 is 1. The maximum Gasteiger partial charge on any atom is 0.0858 e. The van der Waals surface area contributed by atoms with Gasteiger partial charge in [-0.25, -0.2) is 0 Å². The van der Waals surface area contributed by atoms with Crippen LogP contribution >= 0.6 is 11.6 Å². The molecule has 2 heterocycles. The average molecular weight is 324 g/mol. The van der Waals surface area contributed by atoms with Crippen LogP contribution in [0, 0.1) is 0 Å². The molecule has 22 heavy (non-hydrogen) atoms. The summed E-state index contributed by atoms with van der Waals surface area (Å²) in [6.07, 6.45) is 1.16. The van der Waals surface area contributed by atoms with Crippen molar-refractivity contribution in [1.29, 1.82) is 0 Å². The second kappa shape index (κ2) is 6.96. The zero-order valence-electron chi connectivity index (χ0n) is 13.1. The summed E-state index contributed by atoms with van der Waals surface area (Å²) in [5, 5.41) is 6.49. The molecule has 6 heteroatoms. The van der Waals surface area contributed by atoms with Crippen LogP contribution < -0.4 is 0 Å². The number of aromatic nitrogens is 2. The molecule has 0 radical (unpaired) electrons. The lowest BCUT2D eigenvalue weighted by Gasteiger charge is -2.32. The van der Waals surface area contributed by atoms with E-state index in [1.165, 1.54) is 0 Å². The minimum Gasteiger partial charge on any atom is -0.385 e. The smallest absolute Gasteiger partial charge is 0.0858 e. The second-order valence-corrected chi connectivity index (χ2v) is 6.12. The summed E-state index contributed by atoms with van der Waals surface area (Å²) in [5.74, 6) is 0. The number of halogens is 1. The quantitative estimate of drug-likeness (QED) is 0.847. The lowest BCUT2D eigenvalue weighted by Crippen LogP contribution is -2.42. The van der Waals surface area contributed by atoms with Gasteiger partial charge in [-0.2, -0.15) is 5.10 Å². The molecule has 2 aromatic rings. The van der Waals surface area contributed by atoms with Crippen molar-refractivity contribution in [3.8, 4) is 0 Å². The summed E-state index contributed by atoms with van der Waals surface area (Å²) >= 11 is 6.38. The van der Waals surface area contributed by atoms with Gasteiger partial charge >= 0.3 is 0 Å². The van der Waals surface area contributed by atoms with Gasteiger partial charge in [0.1, 0.15) is 0 Å². The molecule has 5 nitrogen and oxygen atoms in total. The number of benzene rings is 1. The monoisotopic (exact) mass is 323 g/mol. The Bertz CT molecular complexity index is 644. The molecule has 1 unspecified atom stereocenters. The summed E-state index contributed by atoms with van der Waals surface area (Å²) in [5.41, 5.74) is 2.11. The molecule has 1 aliphatic rings. The van der Waals surface area contributed by atoms with E-state index in [2.05, 4.69) is 16.1 Å². The summed E-state index contributed by atoms with van der Waals surface area (Å²) in [4.78, 5) is 2.38. The molecule has 1 aliphatic heterocycles. The van der Waals surface area contributed by atoms with Gasteiger partial charge in [-0.3, -0.25) is 9.58 Å². The molecule has 1 saturated heterocycles. The first-order chi connectivity index (χ1) is 10.7. The van der Waals surface area contributed by atoms with Gasteiger partial charge in [-0.1, -0.05) is 17.7 Å². The maximum atomic E-state index is 6.38. The van der Waals surface area contributed by atoms with Crippen LogP contribution in [-0.2, 0) is 23.1 Å². The van der Waals surface area contributed by atoms with Crippen molar-refractivity contribution in [3.05, 3.63) is 28.9 Å². The Labute approximate surface area is 135 Å². The Morgan fingerprint density at radius 3 is 3.14 bits per heavy atom. The fraction of sp³-hybridized carbons (Fsp3) is 0.562. The van der Waals surface area contributed by atoms with E-state index < -0.39 is 0 Å². The highest BCUT2D eigenvalue weighted by molar-refractivity contribution is 6.35. The molecule has 0 spiro atoms. The zero-order chi connectivity index (χ0) is 15.5. The first kappa shape index (κ1) is 15.7. The van der Waals surface area contributed by atoms with Crippen molar-refractivity contribution in [2.45, 2.75) is 19.1 Å². The first-order valence-electron chi connectivity index (χ1n) is 7.62. The van der Waals surface area contributed by atoms with Crippen LogP contribution in [0.5, 0.6) is 0 Å². The van der Waals surface area contributed by atoms with Crippen LogP contribution in [0.4, 0.5) is 0 Å². The van der Waals surface area contributed by atoms with E-state index in [-0.39, 0.29) is 6.10 Å². The largest absolute Gasteiger partial charge is 0.385 e. The van der Waals surface area contributed by atoms with Crippen LogP contribution in [-0.4, -0.2) is 54.2 Å². The molecular weight excluding hydrogens is 302 g/mol. The van der Waals surface area contributed by atoms with E-state index in [1.807, 2.05) is 23.9 Å². The van der Waals surface area contributed by atoms with Crippen molar-refractivity contribution in [2.24, 2.45) is 7.05 Å². The van der Waals surface area contributed by atoms with Crippen molar-refractivity contribution >= 4 is 22.5 Å². The molecule has 0 N–H and O–H groups in total. The third-order valence-corrected chi connectivity index (χ3v) is 4.45. The summed E-state index contributed by atoms with van der Waals surface area (Å²) in [7, 11) is 3.69. The zero-order valence-corrected chi connectivity index (χ0v) is 13.8. The fourth-order valence-corrected chi connectivity index (χ4v) is 3.30. The van der Waals surface area contributed by atoms with Crippen LogP contribution in [0.15, 0.2) is 18.2 Å². The Kier molecular flexibility index (Phi) is 4.98. The predicted molar refractivity (Wildman–Crippen MR) is 87.2 cm³/mol. The number of hydrogen-bond donors (Lipinski definition) is 0. The lowest BCUT2D eigenvalue weighted by molar-refractivity contribution is -0.0434. The molecule has 1 fully saturated rings. The summed E-state index contributed by atoms with van der Waals surface area (Å²) in [6, 6.07) is 5.94. The average Bonchev–Trinajstić information content (AvgIpc) is 2.83. The van der Waals surface area contributed by atoms with Crippen LogP contribution in [0.1, 0.15) is 12.1 Å².